The van der Waals surface area contributed by atoms with E-state index in [9.17, 15) is 10.1 Å². The molecule has 0 saturated heterocycles. The Hall–Kier alpha value is -2.08. The van der Waals surface area contributed by atoms with E-state index in [1.807, 2.05) is 6.92 Å². The van der Waals surface area contributed by atoms with Crippen molar-refractivity contribution in [3.63, 3.8) is 0 Å². The number of nitrogens with one attached hydrogen (secondary N) is 1. The molecule has 2 aromatic rings. The molecule has 0 spiro atoms. The molecule has 1 aromatic heterocycles. The number of nitrogens with zero attached hydrogens (tertiary/aromatic N) is 3. The summed E-state index contributed by atoms with van der Waals surface area (Å²) in [5.41, 5.74) is 0.875. The molecule has 0 aliphatic rings. The van der Waals surface area contributed by atoms with Gasteiger partial charge in [-0.05, 0) is 13.0 Å². The van der Waals surface area contributed by atoms with Crippen molar-refractivity contribution in [2.75, 3.05) is 5.32 Å². The maximum atomic E-state index is 10.9. The van der Waals surface area contributed by atoms with E-state index in [2.05, 4.69) is 10.4 Å². The van der Waals surface area contributed by atoms with Crippen molar-refractivity contribution in [1.82, 2.24) is 9.78 Å². The zero-order chi connectivity index (χ0) is 13.1. The van der Waals surface area contributed by atoms with Gasteiger partial charge in [-0.2, -0.15) is 5.10 Å². The average molecular weight is 267 g/mol. The Morgan fingerprint density at radius 1 is 1.56 bits per heavy atom. The molecular weight excluding hydrogens is 256 g/mol. The van der Waals surface area contributed by atoms with E-state index in [-0.39, 0.29) is 11.4 Å². The minimum absolute atomic E-state index is 0.0632. The first-order valence-corrected chi connectivity index (χ1v) is 5.72. The molecule has 0 fully saturated rings. The van der Waals surface area contributed by atoms with Gasteiger partial charge in [0.1, 0.15) is 5.69 Å². The lowest BCUT2D eigenvalue weighted by molar-refractivity contribution is -0.383. The molecule has 0 bridgehead atoms. The molecule has 6 nitrogen and oxygen atoms in total. The molecule has 0 saturated carbocycles. The van der Waals surface area contributed by atoms with Gasteiger partial charge in [-0.15, -0.1) is 0 Å². The molecule has 1 heterocycles. The first kappa shape index (κ1) is 12.4. The SMILES string of the molecule is CCn1cc(Nc2c(Cl)cccc2[N+](=O)[O-])cn1. The second-order valence-corrected chi connectivity index (χ2v) is 4.01. The Balaban J connectivity index is 2.36. The van der Waals surface area contributed by atoms with Crippen molar-refractivity contribution >= 4 is 28.7 Å². The minimum atomic E-state index is -0.474. The van der Waals surface area contributed by atoms with Crippen LogP contribution in [0.3, 0.4) is 0 Å². The molecule has 0 aliphatic carbocycles. The van der Waals surface area contributed by atoms with Gasteiger partial charge < -0.3 is 5.32 Å². The number of nitro benzene ring substituents is 1. The minimum Gasteiger partial charge on any atom is -0.346 e. The van der Waals surface area contributed by atoms with E-state index in [1.165, 1.54) is 6.07 Å². The molecule has 1 N–H and O–H groups in total. The van der Waals surface area contributed by atoms with Crippen LogP contribution in [0, 0.1) is 10.1 Å². The van der Waals surface area contributed by atoms with Gasteiger partial charge >= 0.3 is 0 Å². The maximum Gasteiger partial charge on any atom is 0.294 e. The summed E-state index contributed by atoms with van der Waals surface area (Å²) >= 11 is 5.97. The molecule has 18 heavy (non-hydrogen) atoms. The van der Waals surface area contributed by atoms with Crippen LogP contribution in [-0.4, -0.2) is 14.7 Å². The summed E-state index contributed by atoms with van der Waals surface area (Å²) in [5, 5.41) is 18.2. The van der Waals surface area contributed by atoms with Gasteiger partial charge in [-0.3, -0.25) is 14.8 Å². The monoisotopic (exact) mass is 266 g/mol. The maximum absolute atomic E-state index is 10.9. The van der Waals surface area contributed by atoms with Crippen molar-refractivity contribution in [3.8, 4) is 0 Å². The molecular formula is C11H11ClN4O2. The standard InChI is InChI=1S/C11H11ClN4O2/c1-2-15-7-8(6-13-15)14-11-9(12)4-3-5-10(11)16(17)18/h3-7,14H,2H2,1H3. The van der Waals surface area contributed by atoms with Crippen LogP contribution in [0.2, 0.25) is 5.02 Å². The first-order valence-electron chi connectivity index (χ1n) is 5.34. The molecule has 0 aliphatic heterocycles. The van der Waals surface area contributed by atoms with E-state index in [0.717, 1.165) is 6.54 Å². The fourth-order valence-electron chi connectivity index (χ4n) is 1.53. The Morgan fingerprint density at radius 3 is 2.94 bits per heavy atom. The number of halogens is 1. The van der Waals surface area contributed by atoms with Gasteiger partial charge in [-0.25, -0.2) is 0 Å². The summed E-state index contributed by atoms with van der Waals surface area (Å²) in [7, 11) is 0. The summed E-state index contributed by atoms with van der Waals surface area (Å²) < 4.78 is 1.71. The zero-order valence-corrected chi connectivity index (χ0v) is 10.4. The van der Waals surface area contributed by atoms with Gasteiger partial charge in [0.2, 0.25) is 0 Å². The predicted octanol–water partition coefficient (Wildman–Crippen LogP) is 3.21. The Kier molecular flexibility index (Phi) is 3.47. The van der Waals surface area contributed by atoms with E-state index in [1.54, 1.807) is 29.2 Å². The van der Waals surface area contributed by atoms with Gasteiger partial charge in [-0.1, -0.05) is 17.7 Å². The third kappa shape index (κ3) is 2.43. The van der Waals surface area contributed by atoms with E-state index >= 15 is 0 Å². The number of anilines is 2. The number of aromatic nitrogens is 2. The fourth-order valence-corrected chi connectivity index (χ4v) is 1.75. The lowest BCUT2D eigenvalue weighted by Gasteiger charge is -2.06. The number of aryl methyl sites for hydroxylation is 1. The third-order valence-electron chi connectivity index (χ3n) is 2.41. The Bertz CT molecular complexity index is 582. The van der Waals surface area contributed by atoms with Gasteiger partial charge in [0.25, 0.3) is 5.69 Å². The lowest BCUT2D eigenvalue weighted by atomic mass is 10.2. The van der Waals surface area contributed by atoms with E-state index < -0.39 is 4.92 Å². The second kappa shape index (κ2) is 5.05. The number of hydrogen-bond acceptors (Lipinski definition) is 4. The number of benzene rings is 1. The second-order valence-electron chi connectivity index (χ2n) is 3.60. The van der Waals surface area contributed by atoms with Crippen LogP contribution < -0.4 is 5.32 Å². The summed E-state index contributed by atoms with van der Waals surface area (Å²) in [6.45, 7) is 2.68. The number of rotatable bonds is 4. The zero-order valence-electron chi connectivity index (χ0n) is 9.63. The molecule has 0 unspecified atom stereocenters. The molecule has 94 valence electrons. The van der Waals surface area contributed by atoms with Crippen LogP contribution in [0.4, 0.5) is 17.1 Å². The first-order chi connectivity index (χ1) is 8.61. The Morgan fingerprint density at radius 2 is 2.33 bits per heavy atom. The van der Waals surface area contributed by atoms with Crippen LogP contribution in [0.5, 0.6) is 0 Å². The van der Waals surface area contributed by atoms with Gasteiger partial charge in [0, 0.05) is 18.8 Å². The number of para-hydroxylation sites is 1. The van der Waals surface area contributed by atoms with Crippen molar-refractivity contribution in [1.29, 1.82) is 0 Å². The normalized spacial score (nSPS) is 10.3. The van der Waals surface area contributed by atoms with Crippen LogP contribution in [-0.2, 0) is 6.54 Å². The summed E-state index contributed by atoms with van der Waals surface area (Å²) in [6.07, 6.45) is 3.35. The van der Waals surface area contributed by atoms with Crippen molar-refractivity contribution in [2.45, 2.75) is 13.5 Å². The van der Waals surface area contributed by atoms with Crippen LogP contribution >= 0.6 is 11.6 Å². The summed E-state index contributed by atoms with van der Waals surface area (Å²) in [4.78, 5) is 10.4. The smallest absolute Gasteiger partial charge is 0.294 e. The lowest BCUT2D eigenvalue weighted by Crippen LogP contribution is -1.97. The van der Waals surface area contributed by atoms with Crippen LogP contribution in [0.25, 0.3) is 0 Å². The average Bonchev–Trinajstić information content (AvgIpc) is 2.79. The fraction of sp³-hybridized carbons (Fsp3) is 0.182. The highest BCUT2D eigenvalue weighted by Gasteiger charge is 2.17. The summed E-state index contributed by atoms with van der Waals surface area (Å²) in [6, 6.07) is 4.54. The van der Waals surface area contributed by atoms with E-state index in [0.29, 0.717) is 10.7 Å². The quantitative estimate of drug-likeness (QED) is 0.681. The van der Waals surface area contributed by atoms with Crippen molar-refractivity contribution in [2.24, 2.45) is 0 Å². The molecule has 0 atom stereocenters. The topological polar surface area (TPSA) is 73.0 Å². The highest BCUT2D eigenvalue weighted by molar-refractivity contribution is 6.33. The highest BCUT2D eigenvalue weighted by atomic mass is 35.5. The largest absolute Gasteiger partial charge is 0.346 e. The molecule has 1 aromatic carbocycles. The molecule has 0 radical (unpaired) electrons. The van der Waals surface area contributed by atoms with Crippen molar-refractivity contribution < 1.29 is 4.92 Å². The predicted molar refractivity (Wildman–Crippen MR) is 69.3 cm³/mol. The number of nitro groups is 1. The molecule has 0 amide bonds. The van der Waals surface area contributed by atoms with Crippen LogP contribution in [0.1, 0.15) is 6.92 Å². The number of hydrogen-bond donors (Lipinski definition) is 1. The highest BCUT2D eigenvalue weighted by Crippen LogP contribution is 2.34. The van der Waals surface area contributed by atoms with Gasteiger partial charge in [0.05, 0.1) is 21.8 Å². The summed E-state index contributed by atoms with van der Waals surface area (Å²) in [5.74, 6) is 0. The van der Waals surface area contributed by atoms with Crippen molar-refractivity contribution in [3.05, 3.63) is 45.7 Å². The Labute approximate surface area is 108 Å². The van der Waals surface area contributed by atoms with Crippen LogP contribution in [0.15, 0.2) is 30.6 Å². The molecule has 2 rings (SSSR count). The molecule has 7 heteroatoms. The third-order valence-corrected chi connectivity index (χ3v) is 2.73. The van der Waals surface area contributed by atoms with E-state index in [4.69, 9.17) is 11.6 Å². The van der Waals surface area contributed by atoms with Gasteiger partial charge in [0.15, 0.2) is 0 Å².